The van der Waals surface area contributed by atoms with E-state index in [2.05, 4.69) is 21.2 Å². The second kappa shape index (κ2) is 12.2. The molecule has 3 aromatic carbocycles. The zero-order valence-corrected chi connectivity index (χ0v) is 24.1. The lowest BCUT2D eigenvalue weighted by molar-refractivity contribution is -0.0429. The van der Waals surface area contributed by atoms with Gasteiger partial charge in [-0.1, -0.05) is 46.3 Å². The van der Waals surface area contributed by atoms with Crippen LogP contribution in [0.15, 0.2) is 77.3 Å². The van der Waals surface area contributed by atoms with Crippen molar-refractivity contribution in [3.8, 4) is 0 Å². The molecule has 2 unspecified atom stereocenters. The van der Waals surface area contributed by atoms with Crippen LogP contribution in [-0.4, -0.2) is 47.3 Å². The van der Waals surface area contributed by atoms with Crippen LogP contribution in [0.3, 0.4) is 0 Å². The third-order valence-electron chi connectivity index (χ3n) is 6.47. The minimum absolute atomic E-state index is 0.0172. The molecule has 13 heteroatoms. The molecular formula is C28H27BrF3N3O5S. The molecule has 0 spiro atoms. The van der Waals surface area contributed by atoms with Gasteiger partial charge < -0.3 is 20.1 Å². The minimum atomic E-state index is -5.55. The summed E-state index contributed by atoms with van der Waals surface area (Å²) in [4.78, 5) is 12.0. The number of aromatic nitrogens is 1. The Morgan fingerprint density at radius 2 is 1.71 bits per heavy atom. The minimum Gasteiger partial charge on any atom is -0.477 e. The number of halogens is 4. The molecule has 1 heterocycles. The van der Waals surface area contributed by atoms with Crippen LogP contribution in [-0.2, 0) is 23.0 Å². The summed E-state index contributed by atoms with van der Waals surface area (Å²) in [5.74, 6) is -1.14. The zero-order chi connectivity index (χ0) is 29.9. The summed E-state index contributed by atoms with van der Waals surface area (Å²) >= 11 is 3.40. The second-order valence-electron chi connectivity index (χ2n) is 9.65. The molecule has 0 aliphatic carbocycles. The number of hydrogen-bond acceptors (Lipinski definition) is 5. The van der Waals surface area contributed by atoms with Crippen LogP contribution in [0.5, 0.6) is 0 Å². The molecule has 0 saturated heterocycles. The molecule has 41 heavy (non-hydrogen) atoms. The van der Waals surface area contributed by atoms with Crippen LogP contribution in [0.4, 0.5) is 18.9 Å². The summed E-state index contributed by atoms with van der Waals surface area (Å²) < 4.78 is 64.5. The first-order chi connectivity index (χ1) is 19.2. The summed E-state index contributed by atoms with van der Waals surface area (Å²) in [7, 11) is -5.55. The molecule has 8 nitrogen and oxygen atoms in total. The fourth-order valence-corrected chi connectivity index (χ4v) is 5.42. The molecule has 0 bridgehead atoms. The Kier molecular flexibility index (Phi) is 9.12. The third kappa shape index (κ3) is 7.47. The maximum atomic E-state index is 12.6. The SMILES string of the molecule is CC(Cc1ccc2c(c1)cc(C(=O)O)n2Cc1ccc(NS(=O)(=O)C(F)(F)F)cc1)NCC(O)c1cccc(Br)c1. The van der Waals surface area contributed by atoms with Crippen molar-refractivity contribution in [1.82, 2.24) is 9.88 Å². The highest BCUT2D eigenvalue weighted by Gasteiger charge is 2.46. The number of sulfonamides is 1. The summed E-state index contributed by atoms with van der Waals surface area (Å²) in [5.41, 5.74) is -2.71. The first-order valence-electron chi connectivity index (χ1n) is 12.4. The maximum absolute atomic E-state index is 12.6. The Labute approximate surface area is 243 Å². The van der Waals surface area contributed by atoms with Crippen molar-refractivity contribution < 1.29 is 36.6 Å². The molecule has 218 valence electrons. The molecule has 4 N–H and O–H groups in total. The Morgan fingerprint density at radius 3 is 2.34 bits per heavy atom. The maximum Gasteiger partial charge on any atom is 0.516 e. The Bertz CT molecular complexity index is 1660. The molecule has 0 fully saturated rings. The number of carboxylic acid groups (broad SMARTS) is 1. The molecule has 0 radical (unpaired) electrons. The summed E-state index contributed by atoms with van der Waals surface area (Å²) in [5, 5.41) is 24.3. The fourth-order valence-electron chi connectivity index (χ4n) is 4.44. The van der Waals surface area contributed by atoms with Crippen molar-refractivity contribution >= 4 is 48.5 Å². The Hall–Kier alpha value is -3.39. The van der Waals surface area contributed by atoms with Crippen molar-refractivity contribution in [3.63, 3.8) is 0 Å². The van der Waals surface area contributed by atoms with Gasteiger partial charge in [-0.3, -0.25) is 4.72 Å². The van der Waals surface area contributed by atoms with Gasteiger partial charge in [0.15, 0.2) is 0 Å². The van der Waals surface area contributed by atoms with E-state index in [0.29, 0.717) is 29.4 Å². The van der Waals surface area contributed by atoms with Gasteiger partial charge in [-0.05, 0) is 72.5 Å². The van der Waals surface area contributed by atoms with E-state index in [-0.39, 0.29) is 24.0 Å². The average Bonchev–Trinajstić information content (AvgIpc) is 3.25. The molecule has 1 aromatic heterocycles. The van der Waals surface area contributed by atoms with Crippen molar-refractivity contribution in [2.45, 2.75) is 37.5 Å². The largest absolute Gasteiger partial charge is 0.516 e. The van der Waals surface area contributed by atoms with Crippen LogP contribution in [0.1, 0.15) is 40.2 Å². The number of aromatic carboxylic acids is 1. The predicted molar refractivity (Wildman–Crippen MR) is 153 cm³/mol. The van der Waals surface area contributed by atoms with Gasteiger partial charge in [0.1, 0.15) is 5.69 Å². The van der Waals surface area contributed by atoms with E-state index in [1.54, 1.807) is 10.6 Å². The van der Waals surface area contributed by atoms with Gasteiger partial charge >= 0.3 is 21.5 Å². The molecule has 0 aliphatic heterocycles. The van der Waals surface area contributed by atoms with E-state index < -0.39 is 27.6 Å². The van der Waals surface area contributed by atoms with E-state index >= 15 is 0 Å². The van der Waals surface area contributed by atoms with Gasteiger partial charge in [-0.15, -0.1) is 0 Å². The number of fused-ring (bicyclic) bond motifs is 1. The first kappa shape index (κ1) is 30.6. The standard InChI is InChI=1S/C28H27BrF3N3O5S/c1-17(33-15-26(36)20-3-2-4-22(29)13-20)11-19-7-10-24-21(12-19)14-25(27(37)38)35(24)16-18-5-8-23(9-6-18)34-41(39,40)28(30,31)32/h2-10,12-14,17,26,33-34,36H,11,15-16H2,1H3,(H,37,38). The van der Waals surface area contributed by atoms with Crippen molar-refractivity contribution in [3.05, 3.63) is 99.7 Å². The molecule has 0 amide bonds. The number of hydrogen-bond donors (Lipinski definition) is 4. The van der Waals surface area contributed by atoms with Crippen LogP contribution >= 0.6 is 15.9 Å². The zero-order valence-electron chi connectivity index (χ0n) is 21.7. The highest BCUT2D eigenvalue weighted by Crippen LogP contribution is 2.27. The van der Waals surface area contributed by atoms with E-state index in [0.717, 1.165) is 15.6 Å². The van der Waals surface area contributed by atoms with Gasteiger partial charge in [0.05, 0.1) is 6.10 Å². The number of carboxylic acids is 1. The quantitative estimate of drug-likeness (QED) is 0.166. The summed E-state index contributed by atoms with van der Waals surface area (Å²) in [6.45, 7) is 2.45. The lowest BCUT2D eigenvalue weighted by Crippen LogP contribution is -2.32. The van der Waals surface area contributed by atoms with Crippen LogP contribution in [0.2, 0.25) is 0 Å². The lowest BCUT2D eigenvalue weighted by Gasteiger charge is -2.18. The van der Waals surface area contributed by atoms with Crippen molar-refractivity contribution in [2.75, 3.05) is 11.3 Å². The van der Waals surface area contributed by atoms with Gasteiger partial charge in [-0.25, -0.2) is 4.79 Å². The number of rotatable bonds is 11. The van der Waals surface area contributed by atoms with Crippen LogP contribution in [0, 0.1) is 0 Å². The molecule has 0 aliphatic rings. The van der Waals surface area contributed by atoms with E-state index in [4.69, 9.17) is 0 Å². The van der Waals surface area contributed by atoms with Crippen LogP contribution < -0.4 is 10.0 Å². The van der Waals surface area contributed by atoms with Crippen molar-refractivity contribution in [2.24, 2.45) is 0 Å². The summed E-state index contributed by atoms with van der Waals surface area (Å²) in [6, 6.07) is 19.9. The van der Waals surface area contributed by atoms with Crippen LogP contribution in [0.25, 0.3) is 10.9 Å². The third-order valence-corrected chi connectivity index (χ3v) is 8.08. The number of anilines is 1. The van der Waals surface area contributed by atoms with E-state index in [9.17, 15) is 36.6 Å². The highest BCUT2D eigenvalue weighted by molar-refractivity contribution is 9.10. The lowest BCUT2D eigenvalue weighted by atomic mass is 10.0. The first-order valence-corrected chi connectivity index (χ1v) is 14.7. The molecule has 2 atom stereocenters. The highest BCUT2D eigenvalue weighted by atomic mass is 79.9. The number of nitrogens with zero attached hydrogens (tertiary/aromatic N) is 1. The van der Waals surface area contributed by atoms with Gasteiger partial charge in [-0.2, -0.15) is 21.6 Å². The number of benzene rings is 3. The van der Waals surface area contributed by atoms with Gasteiger partial charge in [0, 0.05) is 40.2 Å². The molecule has 4 rings (SSSR count). The normalized spacial score (nSPS) is 13.7. The summed E-state index contributed by atoms with van der Waals surface area (Å²) in [6.07, 6.45) is -0.0483. The second-order valence-corrected chi connectivity index (χ2v) is 12.2. The number of aliphatic hydroxyl groups is 1. The molecular weight excluding hydrogens is 627 g/mol. The van der Waals surface area contributed by atoms with E-state index in [1.165, 1.54) is 29.0 Å². The topological polar surface area (TPSA) is 121 Å². The molecule has 4 aromatic rings. The van der Waals surface area contributed by atoms with Gasteiger partial charge in [0.2, 0.25) is 0 Å². The van der Waals surface area contributed by atoms with Gasteiger partial charge in [0.25, 0.3) is 0 Å². The number of alkyl halides is 3. The fraction of sp³-hybridized carbons (Fsp3) is 0.250. The van der Waals surface area contributed by atoms with Crippen molar-refractivity contribution in [1.29, 1.82) is 0 Å². The smallest absolute Gasteiger partial charge is 0.477 e. The Balaban J connectivity index is 1.46. The monoisotopic (exact) mass is 653 g/mol. The van der Waals surface area contributed by atoms with E-state index in [1.807, 2.05) is 49.4 Å². The number of carbonyl (C=O) groups is 1. The predicted octanol–water partition coefficient (Wildman–Crippen LogP) is 5.67. The Morgan fingerprint density at radius 1 is 1.02 bits per heavy atom. The number of aliphatic hydroxyl groups excluding tert-OH is 1. The molecule has 0 saturated carbocycles. The number of nitrogens with one attached hydrogen (secondary N) is 2. The average molecular weight is 655 g/mol.